The van der Waals surface area contributed by atoms with Gasteiger partial charge in [0.2, 0.25) is 0 Å². The second-order valence-corrected chi connectivity index (χ2v) is 7.47. The summed E-state index contributed by atoms with van der Waals surface area (Å²) in [6.45, 7) is 0. The van der Waals surface area contributed by atoms with Crippen molar-refractivity contribution in [3.05, 3.63) is 12.4 Å². The van der Waals surface area contributed by atoms with E-state index in [0.717, 1.165) is 0 Å². The Morgan fingerprint density at radius 2 is 2.06 bits per heavy atom. The topological polar surface area (TPSA) is 61.2 Å². The van der Waals surface area contributed by atoms with E-state index in [-0.39, 0.29) is 17.6 Å². The predicted molar refractivity (Wildman–Crippen MR) is 67.4 cm³/mol. The van der Waals surface area contributed by atoms with Crippen LogP contribution in [0.2, 0.25) is 0 Å². The molecule has 5 nitrogen and oxygen atoms in total. The van der Waals surface area contributed by atoms with E-state index in [1.54, 1.807) is 6.20 Å². The molecule has 1 aliphatic carbocycles. The van der Waals surface area contributed by atoms with Crippen molar-refractivity contribution in [1.29, 1.82) is 0 Å². The van der Waals surface area contributed by atoms with Crippen LogP contribution in [0.4, 0.5) is 0 Å². The van der Waals surface area contributed by atoms with Crippen LogP contribution in [0, 0.1) is 0 Å². The van der Waals surface area contributed by atoms with Crippen molar-refractivity contribution in [3.8, 4) is 5.75 Å². The highest BCUT2D eigenvalue weighted by atomic mass is 32.2. The Labute approximate surface area is 107 Å². The Balaban J connectivity index is 1.63. The minimum absolute atomic E-state index is 0.140. The van der Waals surface area contributed by atoms with E-state index < -0.39 is 9.84 Å². The van der Waals surface area contributed by atoms with Gasteiger partial charge in [-0.3, -0.25) is 4.68 Å². The summed E-state index contributed by atoms with van der Waals surface area (Å²) in [5, 5.41) is 4.32. The highest BCUT2D eigenvalue weighted by Crippen LogP contribution is 2.30. The summed E-state index contributed by atoms with van der Waals surface area (Å²) in [7, 11) is -2.88. The van der Waals surface area contributed by atoms with Crippen molar-refractivity contribution in [2.24, 2.45) is 0 Å². The molecule has 1 saturated carbocycles. The van der Waals surface area contributed by atoms with Gasteiger partial charge in [-0.25, -0.2) is 8.42 Å². The van der Waals surface area contributed by atoms with Crippen molar-refractivity contribution in [1.82, 2.24) is 9.78 Å². The van der Waals surface area contributed by atoms with Gasteiger partial charge >= 0.3 is 0 Å². The van der Waals surface area contributed by atoms with Gasteiger partial charge in [0.25, 0.3) is 0 Å². The van der Waals surface area contributed by atoms with Crippen LogP contribution in [0.1, 0.15) is 38.1 Å². The molecular weight excluding hydrogens is 252 g/mol. The molecule has 0 aromatic carbocycles. The monoisotopic (exact) mass is 270 g/mol. The van der Waals surface area contributed by atoms with E-state index in [9.17, 15) is 8.42 Å². The third-order valence-corrected chi connectivity index (χ3v) is 5.51. The molecule has 0 radical (unpaired) electrons. The molecule has 2 fully saturated rings. The third kappa shape index (κ3) is 2.53. The molecule has 2 heterocycles. The first kappa shape index (κ1) is 12.0. The van der Waals surface area contributed by atoms with Gasteiger partial charge in [-0.2, -0.15) is 5.10 Å². The molecule has 1 unspecified atom stereocenters. The van der Waals surface area contributed by atoms with Crippen LogP contribution in [-0.4, -0.2) is 35.8 Å². The maximum atomic E-state index is 11.3. The largest absolute Gasteiger partial charge is 0.486 e. The zero-order chi connectivity index (χ0) is 12.6. The maximum absolute atomic E-state index is 11.3. The average molecular weight is 270 g/mol. The van der Waals surface area contributed by atoms with Crippen LogP contribution in [0.5, 0.6) is 5.75 Å². The van der Waals surface area contributed by atoms with E-state index in [1.807, 2.05) is 10.9 Å². The molecule has 1 aromatic rings. The lowest BCUT2D eigenvalue weighted by Gasteiger charge is -2.10. The van der Waals surface area contributed by atoms with Gasteiger partial charge in [-0.1, -0.05) is 12.8 Å². The molecule has 1 saturated heterocycles. The summed E-state index contributed by atoms with van der Waals surface area (Å²) in [5.74, 6) is 1.08. The fourth-order valence-electron chi connectivity index (χ4n) is 2.80. The highest BCUT2D eigenvalue weighted by molar-refractivity contribution is 7.91. The Morgan fingerprint density at radius 1 is 1.28 bits per heavy atom. The van der Waals surface area contributed by atoms with E-state index in [0.29, 0.717) is 18.2 Å². The van der Waals surface area contributed by atoms with Crippen LogP contribution in [0.3, 0.4) is 0 Å². The lowest BCUT2D eigenvalue weighted by Crippen LogP contribution is -2.17. The minimum Gasteiger partial charge on any atom is -0.486 e. The Hall–Kier alpha value is -1.04. The van der Waals surface area contributed by atoms with Crippen LogP contribution in [0.15, 0.2) is 12.4 Å². The number of hydrogen-bond acceptors (Lipinski definition) is 4. The normalized spacial score (nSPS) is 27.7. The van der Waals surface area contributed by atoms with E-state index in [4.69, 9.17) is 4.74 Å². The molecule has 1 aliphatic heterocycles. The predicted octanol–water partition coefficient (Wildman–Crippen LogP) is 1.56. The first-order chi connectivity index (χ1) is 8.62. The van der Waals surface area contributed by atoms with Crippen LogP contribution in [-0.2, 0) is 9.84 Å². The summed E-state index contributed by atoms with van der Waals surface area (Å²) >= 11 is 0. The van der Waals surface area contributed by atoms with Crippen LogP contribution >= 0.6 is 0 Å². The number of rotatable bonds is 3. The van der Waals surface area contributed by atoms with Gasteiger partial charge < -0.3 is 4.74 Å². The molecule has 18 heavy (non-hydrogen) atoms. The molecule has 0 spiro atoms. The van der Waals surface area contributed by atoms with Crippen molar-refractivity contribution in [3.63, 3.8) is 0 Å². The SMILES string of the molecule is O=S1(=O)CCC(Oc2cnn(C3CCCC3)c2)C1. The Morgan fingerprint density at radius 3 is 2.72 bits per heavy atom. The van der Waals surface area contributed by atoms with Crippen molar-refractivity contribution < 1.29 is 13.2 Å². The molecule has 1 aromatic heterocycles. The summed E-state index contributed by atoms with van der Waals surface area (Å²) < 4.78 is 30.3. The summed E-state index contributed by atoms with van der Waals surface area (Å²) in [6.07, 6.45) is 8.89. The first-order valence-corrected chi connectivity index (χ1v) is 8.36. The van der Waals surface area contributed by atoms with Crippen molar-refractivity contribution >= 4 is 9.84 Å². The number of hydrogen-bond donors (Lipinski definition) is 0. The first-order valence-electron chi connectivity index (χ1n) is 6.54. The highest BCUT2D eigenvalue weighted by Gasteiger charge is 2.29. The van der Waals surface area contributed by atoms with Crippen molar-refractivity contribution in [2.75, 3.05) is 11.5 Å². The summed E-state index contributed by atoms with van der Waals surface area (Å²) in [6, 6.07) is 0.495. The standard InChI is InChI=1S/C12H18N2O3S/c15-18(16)6-5-11(9-18)17-12-7-13-14(8-12)10-3-1-2-4-10/h7-8,10-11H,1-6,9H2. The van der Waals surface area contributed by atoms with Gasteiger partial charge in [-0.05, 0) is 19.3 Å². The van der Waals surface area contributed by atoms with Gasteiger partial charge in [0.1, 0.15) is 6.10 Å². The zero-order valence-corrected chi connectivity index (χ0v) is 11.1. The molecule has 0 amide bonds. The zero-order valence-electron chi connectivity index (χ0n) is 10.3. The second kappa shape index (κ2) is 4.57. The molecule has 3 rings (SSSR count). The summed E-state index contributed by atoms with van der Waals surface area (Å²) in [5.41, 5.74) is 0. The molecular formula is C12H18N2O3S. The average Bonchev–Trinajstić information content (AvgIpc) is 2.99. The maximum Gasteiger partial charge on any atom is 0.157 e. The van der Waals surface area contributed by atoms with Gasteiger partial charge in [0.15, 0.2) is 15.6 Å². The number of sulfone groups is 1. The smallest absolute Gasteiger partial charge is 0.157 e. The fourth-order valence-corrected chi connectivity index (χ4v) is 4.39. The van der Waals surface area contributed by atoms with Gasteiger partial charge in [-0.15, -0.1) is 0 Å². The number of ether oxygens (including phenoxy) is 1. The Kier molecular flexibility index (Phi) is 3.05. The minimum atomic E-state index is -2.88. The Bertz CT molecular complexity index is 517. The molecule has 2 aliphatic rings. The lowest BCUT2D eigenvalue weighted by atomic mass is 10.3. The van der Waals surface area contributed by atoms with E-state index in [1.165, 1.54) is 25.7 Å². The summed E-state index contributed by atoms with van der Waals surface area (Å²) in [4.78, 5) is 0. The van der Waals surface area contributed by atoms with Crippen LogP contribution in [0.25, 0.3) is 0 Å². The second-order valence-electron chi connectivity index (χ2n) is 5.24. The fraction of sp³-hybridized carbons (Fsp3) is 0.750. The van der Waals surface area contributed by atoms with Crippen molar-refractivity contribution in [2.45, 2.75) is 44.2 Å². The quantitative estimate of drug-likeness (QED) is 0.836. The molecule has 6 heteroatoms. The third-order valence-electron chi connectivity index (χ3n) is 3.77. The lowest BCUT2D eigenvalue weighted by molar-refractivity contribution is 0.228. The molecule has 100 valence electrons. The molecule has 0 bridgehead atoms. The van der Waals surface area contributed by atoms with Crippen LogP contribution < -0.4 is 4.74 Å². The molecule has 0 N–H and O–H groups in total. The molecule has 1 atom stereocenters. The van der Waals surface area contributed by atoms with E-state index >= 15 is 0 Å². The van der Waals surface area contributed by atoms with E-state index in [2.05, 4.69) is 5.10 Å². The van der Waals surface area contributed by atoms with Gasteiger partial charge in [0.05, 0.1) is 29.9 Å². The number of nitrogens with zero attached hydrogens (tertiary/aromatic N) is 2. The van der Waals surface area contributed by atoms with Gasteiger partial charge in [0, 0.05) is 0 Å². The number of aromatic nitrogens is 2.